The van der Waals surface area contributed by atoms with E-state index >= 15 is 0 Å². The molecule has 7 nitrogen and oxygen atoms in total. The van der Waals surface area contributed by atoms with Gasteiger partial charge in [0.2, 0.25) is 5.91 Å². The quantitative estimate of drug-likeness (QED) is 0.404. The van der Waals surface area contributed by atoms with Crippen LogP contribution in [0.1, 0.15) is 97.0 Å². The Morgan fingerprint density at radius 2 is 1.55 bits per heavy atom. The van der Waals surface area contributed by atoms with Crippen LogP contribution in [0.2, 0.25) is 5.02 Å². The minimum Gasteiger partial charge on any atom is -0.341 e. The van der Waals surface area contributed by atoms with Gasteiger partial charge in [0, 0.05) is 54.9 Å². The van der Waals surface area contributed by atoms with Gasteiger partial charge in [0.25, 0.3) is 0 Å². The first-order valence-electron chi connectivity index (χ1n) is 15.9. The fourth-order valence-electron chi connectivity index (χ4n) is 7.07. The summed E-state index contributed by atoms with van der Waals surface area (Å²) in [5, 5.41) is 4.43. The highest BCUT2D eigenvalue weighted by Gasteiger charge is 2.38. The number of carbonyl (C=O) groups excluding carboxylic acids is 2. The van der Waals surface area contributed by atoms with E-state index in [-0.39, 0.29) is 36.1 Å². The summed E-state index contributed by atoms with van der Waals surface area (Å²) in [6.07, 6.45) is 12.2. The number of halogens is 1. The molecule has 1 aliphatic heterocycles. The van der Waals surface area contributed by atoms with Crippen LogP contribution in [0.25, 0.3) is 0 Å². The van der Waals surface area contributed by atoms with E-state index in [4.69, 9.17) is 17.3 Å². The maximum Gasteiger partial charge on any atom is 0.320 e. The molecular formula is C32H52ClN5O2. The second-order valence-electron chi connectivity index (χ2n) is 12.6. The molecule has 1 aromatic rings. The molecule has 2 aliphatic carbocycles. The number of piperidine rings is 1. The number of benzene rings is 1. The van der Waals surface area contributed by atoms with E-state index in [1.165, 1.54) is 19.3 Å². The first-order valence-corrected chi connectivity index (χ1v) is 16.3. The minimum absolute atomic E-state index is 0.177. The lowest BCUT2D eigenvalue weighted by atomic mass is 9.90. The Balaban J connectivity index is 1.44. The average Bonchev–Trinajstić information content (AvgIpc) is 2.96. The second-order valence-corrected chi connectivity index (χ2v) is 13.0. The summed E-state index contributed by atoms with van der Waals surface area (Å²) in [5.74, 6) is 0.177. The highest BCUT2D eigenvalue weighted by Crippen LogP contribution is 2.30. The van der Waals surface area contributed by atoms with Gasteiger partial charge in [0.05, 0.1) is 6.04 Å². The van der Waals surface area contributed by atoms with Crippen molar-refractivity contribution in [3.8, 4) is 0 Å². The number of amides is 3. The molecule has 3 fully saturated rings. The van der Waals surface area contributed by atoms with Gasteiger partial charge in [-0.1, -0.05) is 43.0 Å². The summed E-state index contributed by atoms with van der Waals surface area (Å²) in [6.45, 7) is 8.41. The molecule has 1 atom stereocenters. The van der Waals surface area contributed by atoms with Crippen molar-refractivity contribution in [1.29, 1.82) is 0 Å². The highest BCUT2D eigenvalue weighted by molar-refractivity contribution is 6.30. The molecule has 3 aliphatic rings. The largest absolute Gasteiger partial charge is 0.341 e. The molecule has 0 bridgehead atoms. The standard InChI is InChI=1S/C32H52ClN5O2/c1-4-37(23(2)3)32(40)38(28-8-6-5-7-9-28)29-18-20-36(21-19-29)31(39)30(22-24-10-12-25(33)13-11-24)35-27-16-14-26(34)15-17-27/h10-13,23,26-30,35H,4-9,14-22,34H2,1-3H3/t26?,27?,30-/m1/s1. The molecule has 0 unspecified atom stereocenters. The molecule has 3 N–H and O–H groups in total. The SMILES string of the molecule is CCN(C(=O)N(C1CCCCC1)C1CCN(C(=O)[C@@H](Cc2ccc(Cl)cc2)NC2CCC(N)CC2)CC1)C(C)C. The number of urea groups is 1. The zero-order chi connectivity index (χ0) is 28.6. The van der Waals surface area contributed by atoms with Gasteiger partial charge >= 0.3 is 6.03 Å². The molecule has 40 heavy (non-hydrogen) atoms. The van der Waals surface area contributed by atoms with E-state index in [0.717, 1.165) is 63.5 Å². The van der Waals surface area contributed by atoms with Crippen LogP contribution in [0, 0.1) is 0 Å². The number of likely N-dealkylation sites (tertiary alicyclic amines) is 1. The maximum atomic E-state index is 14.0. The fourth-order valence-corrected chi connectivity index (χ4v) is 7.19. The summed E-state index contributed by atoms with van der Waals surface area (Å²) in [4.78, 5) is 34.1. The van der Waals surface area contributed by atoms with Crippen LogP contribution >= 0.6 is 11.6 Å². The predicted octanol–water partition coefficient (Wildman–Crippen LogP) is 5.59. The molecule has 1 saturated heterocycles. The van der Waals surface area contributed by atoms with Crippen molar-refractivity contribution < 1.29 is 9.59 Å². The Morgan fingerprint density at radius 1 is 0.950 bits per heavy atom. The number of nitrogens with two attached hydrogens (primary N) is 1. The van der Waals surface area contributed by atoms with E-state index < -0.39 is 0 Å². The minimum atomic E-state index is -0.273. The van der Waals surface area contributed by atoms with Crippen LogP contribution in [0.15, 0.2) is 24.3 Å². The third kappa shape index (κ3) is 8.13. The zero-order valence-electron chi connectivity index (χ0n) is 25.0. The van der Waals surface area contributed by atoms with Crippen LogP contribution in [0.5, 0.6) is 0 Å². The third-order valence-electron chi connectivity index (χ3n) is 9.43. The highest BCUT2D eigenvalue weighted by atomic mass is 35.5. The smallest absolute Gasteiger partial charge is 0.320 e. The van der Waals surface area contributed by atoms with Crippen molar-refractivity contribution in [2.24, 2.45) is 5.73 Å². The molecule has 8 heteroatoms. The fraction of sp³-hybridized carbons (Fsp3) is 0.750. The van der Waals surface area contributed by atoms with Crippen molar-refractivity contribution in [2.45, 2.75) is 134 Å². The van der Waals surface area contributed by atoms with Crippen LogP contribution in [-0.4, -0.2) is 82.5 Å². The molecule has 0 aromatic heterocycles. The summed E-state index contributed by atoms with van der Waals surface area (Å²) < 4.78 is 0. The monoisotopic (exact) mass is 573 g/mol. The summed E-state index contributed by atoms with van der Waals surface area (Å²) in [5.41, 5.74) is 7.26. The van der Waals surface area contributed by atoms with E-state index in [1.807, 2.05) is 34.1 Å². The number of rotatable bonds is 9. The first kappa shape index (κ1) is 31.1. The number of hydrogen-bond donors (Lipinski definition) is 2. The molecule has 1 aromatic carbocycles. The summed E-state index contributed by atoms with van der Waals surface area (Å²) in [7, 11) is 0. The van der Waals surface area contributed by atoms with Gasteiger partial charge in [0.15, 0.2) is 0 Å². The molecule has 4 rings (SSSR count). The zero-order valence-corrected chi connectivity index (χ0v) is 25.7. The number of carbonyl (C=O) groups is 2. The van der Waals surface area contributed by atoms with Crippen molar-refractivity contribution in [1.82, 2.24) is 20.0 Å². The Labute approximate surface area is 247 Å². The van der Waals surface area contributed by atoms with Gasteiger partial charge in [-0.3, -0.25) is 4.79 Å². The molecule has 0 radical (unpaired) electrons. The van der Waals surface area contributed by atoms with Gasteiger partial charge in [-0.2, -0.15) is 0 Å². The van der Waals surface area contributed by atoms with Gasteiger partial charge in [-0.15, -0.1) is 0 Å². The maximum absolute atomic E-state index is 14.0. The van der Waals surface area contributed by atoms with E-state index in [9.17, 15) is 9.59 Å². The lowest BCUT2D eigenvalue weighted by Gasteiger charge is -2.46. The van der Waals surface area contributed by atoms with Gasteiger partial charge in [-0.05, 0) is 96.3 Å². The van der Waals surface area contributed by atoms with E-state index in [0.29, 0.717) is 36.6 Å². The van der Waals surface area contributed by atoms with Crippen molar-refractivity contribution in [2.75, 3.05) is 19.6 Å². The van der Waals surface area contributed by atoms with Crippen LogP contribution in [0.3, 0.4) is 0 Å². The number of nitrogens with one attached hydrogen (secondary N) is 1. The lowest BCUT2D eigenvalue weighted by Crippen LogP contribution is -2.59. The Bertz CT molecular complexity index is 935. The average molecular weight is 574 g/mol. The predicted molar refractivity (Wildman–Crippen MR) is 164 cm³/mol. The second kappa shape index (κ2) is 14.9. The van der Waals surface area contributed by atoms with E-state index in [2.05, 4.69) is 31.0 Å². The molecule has 224 valence electrons. The van der Waals surface area contributed by atoms with Crippen LogP contribution < -0.4 is 11.1 Å². The lowest BCUT2D eigenvalue weighted by molar-refractivity contribution is -0.135. The Kier molecular flexibility index (Phi) is 11.6. The Hall–Kier alpha value is -1.83. The van der Waals surface area contributed by atoms with Crippen molar-refractivity contribution in [3.63, 3.8) is 0 Å². The van der Waals surface area contributed by atoms with Crippen LogP contribution in [-0.2, 0) is 11.2 Å². The summed E-state index contributed by atoms with van der Waals surface area (Å²) >= 11 is 6.13. The molecule has 0 spiro atoms. The third-order valence-corrected chi connectivity index (χ3v) is 9.68. The molecule has 3 amide bonds. The molecule has 1 heterocycles. The van der Waals surface area contributed by atoms with Gasteiger partial charge < -0.3 is 25.8 Å². The van der Waals surface area contributed by atoms with Crippen molar-refractivity contribution in [3.05, 3.63) is 34.9 Å². The van der Waals surface area contributed by atoms with Gasteiger partial charge in [0.1, 0.15) is 0 Å². The van der Waals surface area contributed by atoms with Crippen molar-refractivity contribution >= 4 is 23.5 Å². The van der Waals surface area contributed by atoms with Crippen LogP contribution in [0.4, 0.5) is 4.79 Å². The first-order chi connectivity index (χ1) is 19.3. The Morgan fingerprint density at radius 3 is 2.12 bits per heavy atom. The van der Waals surface area contributed by atoms with E-state index in [1.54, 1.807) is 0 Å². The number of nitrogens with zero attached hydrogens (tertiary/aromatic N) is 3. The molecular weight excluding hydrogens is 522 g/mol. The number of hydrogen-bond acceptors (Lipinski definition) is 4. The molecule has 2 saturated carbocycles. The topological polar surface area (TPSA) is 81.9 Å². The summed E-state index contributed by atoms with van der Waals surface area (Å²) in [6, 6.07) is 9.04. The normalized spacial score (nSPS) is 23.7. The van der Waals surface area contributed by atoms with Gasteiger partial charge in [-0.25, -0.2) is 4.79 Å².